The minimum Gasteiger partial charge on any atom is -0.455 e. The van der Waals surface area contributed by atoms with Gasteiger partial charge in [0.25, 0.3) is 5.91 Å². The van der Waals surface area contributed by atoms with Crippen LogP contribution >= 0.6 is 11.3 Å². The summed E-state index contributed by atoms with van der Waals surface area (Å²) in [6.45, 7) is 6.92. The van der Waals surface area contributed by atoms with Crippen molar-refractivity contribution in [3.05, 3.63) is 11.1 Å². The fourth-order valence-corrected chi connectivity index (χ4v) is 3.26. The first-order valence-corrected chi connectivity index (χ1v) is 9.41. The van der Waals surface area contributed by atoms with Crippen molar-refractivity contribution in [1.29, 1.82) is 0 Å². The van der Waals surface area contributed by atoms with Crippen LogP contribution in [-0.4, -0.2) is 47.4 Å². The Hall–Kier alpha value is -1.96. The summed E-state index contributed by atoms with van der Waals surface area (Å²) in [7, 11) is 0. The zero-order valence-electron chi connectivity index (χ0n) is 14.9. The second-order valence-corrected chi connectivity index (χ2v) is 7.57. The second kappa shape index (κ2) is 8.94. The molecule has 25 heavy (non-hydrogen) atoms. The summed E-state index contributed by atoms with van der Waals surface area (Å²) in [5.41, 5.74) is 0.521. The number of nitrogens with zero attached hydrogens (tertiary/aromatic N) is 2. The van der Waals surface area contributed by atoms with Crippen LogP contribution in [0.2, 0.25) is 0 Å². The number of amides is 2. The Labute approximate surface area is 151 Å². The number of rotatable bonds is 6. The van der Waals surface area contributed by atoms with Gasteiger partial charge in [-0.3, -0.25) is 14.4 Å². The van der Waals surface area contributed by atoms with Crippen LogP contribution in [0.15, 0.2) is 5.38 Å². The van der Waals surface area contributed by atoms with Crippen molar-refractivity contribution >= 4 is 34.3 Å². The Kier molecular flexibility index (Phi) is 6.92. The topological polar surface area (TPSA) is 88.6 Å². The summed E-state index contributed by atoms with van der Waals surface area (Å²) in [5, 5.41) is 4.85. The van der Waals surface area contributed by atoms with Crippen LogP contribution in [0.25, 0.3) is 0 Å². The van der Waals surface area contributed by atoms with Crippen LogP contribution in [0.1, 0.15) is 39.3 Å². The fourth-order valence-electron chi connectivity index (χ4n) is 2.54. The van der Waals surface area contributed by atoms with E-state index in [2.05, 4.69) is 17.2 Å². The first kappa shape index (κ1) is 19.4. The summed E-state index contributed by atoms with van der Waals surface area (Å²) in [4.78, 5) is 41.5. The normalized spacial score (nSPS) is 17.4. The molecule has 1 fully saturated rings. The summed E-state index contributed by atoms with van der Waals surface area (Å²) in [6, 6.07) is 0. The monoisotopic (exact) mass is 367 g/mol. The van der Waals surface area contributed by atoms with Crippen molar-refractivity contribution in [2.75, 3.05) is 25.0 Å². The SMILES string of the molecule is CC(C)C(=O)Nc1nc(CC(=O)OCC(=O)N2CCC[C@H](C)C2)cs1. The number of likely N-dealkylation sites (tertiary alicyclic amines) is 1. The molecule has 1 saturated heterocycles. The highest BCUT2D eigenvalue weighted by atomic mass is 32.1. The first-order valence-electron chi connectivity index (χ1n) is 8.53. The molecule has 2 heterocycles. The number of esters is 1. The summed E-state index contributed by atoms with van der Waals surface area (Å²) in [6.07, 6.45) is 2.10. The maximum absolute atomic E-state index is 12.1. The molecule has 0 radical (unpaired) electrons. The van der Waals surface area contributed by atoms with E-state index in [1.54, 1.807) is 24.1 Å². The Morgan fingerprint density at radius 2 is 2.20 bits per heavy atom. The fraction of sp³-hybridized carbons (Fsp3) is 0.647. The number of carbonyl (C=O) groups excluding carboxylic acids is 3. The standard InChI is InChI=1S/C17H25N3O4S/c1-11(2)16(23)19-17-18-13(10-25-17)7-15(22)24-9-14(21)20-6-4-5-12(3)8-20/h10-12H,4-9H2,1-3H3,(H,18,19,23)/t12-/m0/s1. The van der Waals surface area contributed by atoms with Crippen molar-refractivity contribution in [3.8, 4) is 0 Å². The van der Waals surface area contributed by atoms with E-state index in [-0.39, 0.29) is 30.8 Å². The van der Waals surface area contributed by atoms with E-state index < -0.39 is 5.97 Å². The third kappa shape index (κ3) is 6.12. The van der Waals surface area contributed by atoms with Crippen LogP contribution in [0.3, 0.4) is 0 Å². The number of anilines is 1. The number of aromatic nitrogens is 1. The van der Waals surface area contributed by atoms with Crippen LogP contribution in [0.4, 0.5) is 5.13 Å². The first-order chi connectivity index (χ1) is 11.8. The van der Waals surface area contributed by atoms with E-state index in [1.807, 2.05) is 0 Å². The van der Waals surface area contributed by atoms with Crippen LogP contribution < -0.4 is 5.32 Å². The van der Waals surface area contributed by atoms with Crippen molar-refractivity contribution < 1.29 is 19.1 Å². The van der Waals surface area contributed by atoms with Crippen molar-refractivity contribution in [2.24, 2.45) is 11.8 Å². The molecule has 7 nitrogen and oxygen atoms in total. The van der Waals surface area contributed by atoms with Gasteiger partial charge in [0.05, 0.1) is 12.1 Å². The van der Waals surface area contributed by atoms with Gasteiger partial charge in [0.1, 0.15) is 0 Å². The molecule has 2 rings (SSSR count). The minimum atomic E-state index is -0.495. The third-order valence-corrected chi connectivity index (χ3v) is 4.80. The maximum atomic E-state index is 12.1. The van der Waals surface area contributed by atoms with E-state index in [0.29, 0.717) is 16.7 Å². The average molecular weight is 367 g/mol. The van der Waals surface area contributed by atoms with E-state index in [0.717, 1.165) is 25.9 Å². The lowest BCUT2D eigenvalue weighted by atomic mass is 10.0. The van der Waals surface area contributed by atoms with Crippen molar-refractivity contribution in [3.63, 3.8) is 0 Å². The van der Waals surface area contributed by atoms with E-state index in [9.17, 15) is 14.4 Å². The molecule has 0 bridgehead atoms. The lowest BCUT2D eigenvalue weighted by Gasteiger charge is -2.30. The Bertz CT molecular complexity index is 629. The number of hydrogen-bond donors (Lipinski definition) is 1. The van der Waals surface area contributed by atoms with Crippen molar-refractivity contribution in [2.45, 2.75) is 40.0 Å². The molecule has 1 N–H and O–H groups in total. The third-order valence-electron chi connectivity index (χ3n) is 4.00. The molecular weight excluding hydrogens is 342 g/mol. The molecule has 1 atom stereocenters. The summed E-state index contributed by atoms with van der Waals surface area (Å²) < 4.78 is 5.07. The Morgan fingerprint density at radius 1 is 1.44 bits per heavy atom. The summed E-state index contributed by atoms with van der Waals surface area (Å²) in [5.74, 6) is -0.415. The molecule has 2 amide bonds. The van der Waals surface area contributed by atoms with E-state index >= 15 is 0 Å². The molecule has 1 aromatic heterocycles. The van der Waals surface area contributed by atoms with Gasteiger partial charge >= 0.3 is 5.97 Å². The minimum absolute atomic E-state index is 0.0161. The average Bonchev–Trinajstić information content (AvgIpc) is 2.99. The number of thiazole rings is 1. The highest BCUT2D eigenvalue weighted by Crippen LogP contribution is 2.17. The lowest BCUT2D eigenvalue weighted by molar-refractivity contribution is -0.152. The molecule has 1 aliphatic heterocycles. The number of carbonyl (C=O) groups is 3. The quantitative estimate of drug-likeness (QED) is 0.778. The Balaban J connectivity index is 1.76. The molecule has 0 aliphatic carbocycles. The van der Waals surface area contributed by atoms with Gasteiger partial charge in [-0.05, 0) is 18.8 Å². The van der Waals surface area contributed by atoms with Crippen LogP contribution in [-0.2, 0) is 25.5 Å². The lowest BCUT2D eigenvalue weighted by Crippen LogP contribution is -2.41. The van der Waals surface area contributed by atoms with Gasteiger partial charge in [0.15, 0.2) is 11.7 Å². The molecule has 0 saturated carbocycles. The Morgan fingerprint density at radius 3 is 2.88 bits per heavy atom. The molecular formula is C17H25N3O4S. The van der Waals surface area contributed by atoms with E-state index in [4.69, 9.17) is 4.74 Å². The maximum Gasteiger partial charge on any atom is 0.312 e. The van der Waals surface area contributed by atoms with Gasteiger partial charge in [0.2, 0.25) is 5.91 Å². The van der Waals surface area contributed by atoms with Gasteiger partial charge in [-0.15, -0.1) is 11.3 Å². The van der Waals surface area contributed by atoms with Crippen LogP contribution in [0, 0.1) is 11.8 Å². The smallest absolute Gasteiger partial charge is 0.312 e. The van der Waals surface area contributed by atoms with Gasteiger partial charge < -0.3 is 15.0 Å². The molecule has 1 aromatic rings. The van der Waals surface area contributed by atoms with Crippen molar-refractivity contribution in [1.82, 2.24) is 9.88 Å². The molecule has 0 aromatic carbocycles. The molecule has 1 aliphatic rings. The highest BCUT2D eigenvalue weighted by Gasteiger charge is 2.22. The van der Waals surface area contributed by atoms with Gasteiger partial charge in [-0.1, -0.05) is 20.8 Å². The zero-order chi connectivity index (χ0) is 18.4. The van der Waals surface area contributed by atoms with Gasteiger partial charge in [-0.2, -0.15) is 0 Å². The molecule has 0 unspecified atom stereocenters. The predicted molar refractivity (Wildman–Crippen MR) is 95.2 cm³/mol. The number of ether oxygens (including phenoxy) is 1. The molecule has 8 heteroatoms. The van der Waals surface area contributed by atoms with E-state index in [1.165, 1.54) is 11.3 Å². The molecule has 138 valence electrons. The highest BCUT2D eigenvalue weighted by molar-refractivity contribution is 7.13. The number of nitrogens with one attached hydrogen (secondary N) is 1. The zero-order valence-corrected chi connectivity index (χ0v) is 15.7. The van der Waals surface area contributed by atoms with Crippen LogP contribution in [0.5, 0.6) is 0 Å². The van der Waals surface area contributed by atoms with Gasteiger partial charge in [-0.25, -0.2) is 4.98 Å². The second-order valence-electron chi connectivity index (χ2n) is 6.71. The number of piperidine rings is 1. The largest absolute Gasteiger partial charge is 0.455 e. The predicted octanol–water partition coefficient (Wildman–Crippen LogP) is 2.08. The summed E-state index contributed by atoms with van der Waals surface area (Å²) >= 11 is 1.26. The number of hydrogen-bond acceptors (Lipinski definition) is 6. The van der Waals surface area contributed by atoms with Gasteiger partial charge in [0, 0.05) is 24.4 Å². The molecule has 0 spiro atoms.